The summed E-state index contributed by atoms with van der Waals surface area (Å²) in [7, 11) is 0. The van der Waals surface area contributed by atoms with E-state index in [1.807, 2.05) is 31.2 Å². The molecule has 1 aromatic heterocycles. The first-order valence-electron chi connectivity index (χ1n) is 8.31. The molecule has 0 amide bonds. The summed E-state index contributed by atoms with van der Waals surface area (Å²) in [5.41, 5.74) is 9.26. The number of hydrogen-bond donors (Lipinski definition) is 1. The van der Waals surface area contributed by atoms with Crippen molar-refractivity contribution in [2.45, 2.75) is 20.0 Å². The van der Waals surface area contributed by atoms with Crippen molar-refractivity contribution in [2.75, 3.05) is 0 Å². The third-order valence-electron chi connectivity index (χ3n) is 3.94. The smallest absolute Gasteiger partial charge is 0.196 e. The van der Waals surface area contributed by atoms with Crippen molar-refractivity contribution in [1.29, 1.82) is 0 Å². The molecule has 0 aliphatic carbocycles. The number of ether oxygens (including phenoxy) is 1. The highest BCUT2D eigenvalue weighted by Gasteiger charge is 2.07. The predicted octanol–water partition coefficient (Wildman–Crippen LogP) is 4.34. The van der Waals surface area contributed by atoms with Gasteiger partial charge in [0.05, 0.1) is 0 Å². The summed E-state index contributed by atoms with van der Waals surface area (Å²) in [6, 6.07) is 17.8. The Bertz CT molecular complexity index is 907. The lowest BCUT2D eigenvalue weighted by Crippen LogP contribution is -2.15. The first-order chi connectivity index (χ1) is 12.6. The monoisotopic (exact) mass is 349 g/mol. The minimum atomic E-state index is -0.274. The Morgan fingerprint density at radius 2 is 1.85 bits per heavy atom. The lowest BCUT2D eigenvalue weighted by atomic mass is 10.1. The topological polar surface area (TPSA) is 60.5 Å². The normalized spacial score (nSPS) is 11.4. The number of hydrogen-bond acceptors (Lipinski definition) is 3. The summed E-state index contributed by atoms with van der Waals surface area (Å²) in [5.74, 6) is 1.15. The summed E-state index contributed by atoms with van der Waals surface area (Å²) in [5, 5.41) is 0. The second-order valence-electron chi connectivity index (χ2n) is 5.95. The van der Waals surface area contributed by atoms with Gasteiger partial charge >= 0.3 is 0 Å². The van der Waals surface area contributed by atoms with Crippen LogP contribution in [0.5, 0.6) is 5.75 Å². The molecule has 0 spiro atoms. The lowest BCUT2D eigenvalue weighted by molar-refractivity contribution is 0.306. The summed E-state index contributed by atoms with van der Waals surface area (Å²) in [6.45, 7) is 2.34. The quantitative estimate of drug-likeness (QED) is 0.532. The molecule has 132 valence electrons. The SMILES string of the molecule is Cc1ccccc1C/C(N)=N/c1ncccc1OCc1ccc(F)cc1. The van der Waals surface area contributed by atoms with Crippen LogP contribution >= 0.6 is 0 Å². The number of aliphatic imine (C=N–C) groups is 1. The number of nitrogens with two attached hydrogens (primary N) is 1. The fourth-order valence-corrected chi connectivity index (χ4v) is 2.50. The molecule has 0 saturated carbocycles. The van der Waals surface area contributed by atoms with Gasteiger partial charge in [-0.2, -0.15) is 0 Å². The molecule has 0 aliphatic rings. The Morgan fingerprint density at radius 3 is 2.62 bits per heavy atom. The maximum Gasteiger partial charge on any atom is 0.196 e. The second-order valence-corrected chi connectivity index (χ2v) is 5.95. The van der Waals surface area contributed by atoms with Crippen molar-refractivity contribution in [2.24, 2.45) is 10.7 Å². The molecule has 0 saturated heterocycles. The number of aromatic nitrogens is 1. The maximum atomic E-state index is 13.0. The van der Waals surface area contributed by atoms with Gasteiger partial charge in [0.15, 0.2) is 11.6 Å². The molecular formula is C21H20FN3O. The van der Waals surface area contributed by atoms with E-state index in [0.29, 0.717) is 30.4 Å². The van der Waals surface area contributed by atoms with Gasteiger partial charge in [-0.3, -0.25) is 0 Å². The van der Waals surface area contributed by atoms with Crippen molar-refractivity contribution < 1.29 is 9.13 Å². The van der Waals surface area contributed by atoms with E-state index in [1.54, 1.807) is 30.5 Å². The lowest BCUT2D eigenvalue weighted by Gasteiger charge is -2.09. The number of benzene rings is 2. The van der Waals surface area contributed by atoms with Crippen LogP contribution in [0.15, 0.2) is 71.9 Å². The van der Waals surface area contributed by atoms with Crippen molar-refractivity contribution in [1.82, 2.24) is 4.98 Å². The molecule has 2 N–H and O–H groups in total. The Morgan fingerprint density at radius 1 is 1.08 bits per heavy atom. The van der Waals surface area contributed by atoms with Gasteiger partial charge in [-0.05, 0) is 47.9 Å². The fourth-order valence-electron chi connectivity index (χ4n) is 2.50. The number of pyridine rings is 1. The predicted molar refractivity (Wildman–Crippen MR) is 101 cm³/mol. The van der Waals surface area contributed by atoms with Crippen molar-refractivity contribution >= 4 is 11.7 Å². The highest BCUT2D eigenvalue weighted by molar-refractivity contribution is 5.85. The Hall–Kier alpha value is -3.21. The standard InChI is InChI=1S/C21H20FN3O/c1-15-5-2-3-6-17(15)13-20(23)25-21-19(7-4-12-24-21)26-14-16-8-10-18(22)11-9-16/h2-12H,13-14H2,1H3,(H2,23,24,25). The summed E-state index contributed by atoms with van der Waals surface area (Å²) in [6.07, 6.45) is 2.19. The molecular weight excluding hydrogens is 329 g/mol. The Balaban J connectivity index is 1.73. The van der Waals surface area contributed by atoms with Crippen LogP contribution in [0.1, 0.15) is 16.7 Å². The minimum Gasteiger partial charge on any atom is -0.485 e. The molecule has 5 heteroatoms. The van der Waals surface area contributed by atoms with Crippen LogP contribution in [0.2, 0.25) is 0 Å². The second kappa shape index (κ2) is 8.25. The highest BCUT2D eigenvalue weighted by Crippen LogP contribution is 2.25. The van der Waals surface area contributed by atoms with E-state index in [4.69, 9.17) is 10.5 Å². The van der Waals surface area contributed by atoms with E-state index < -0.39 is 0 Å². The van der Waals surface area contributed by atoms with Crippen molar-refractivity contribution in [3.63, 3.8) is 0 Å². The van der Waals surface area contributed by atoms with Crippen LogP contribution in [0, 0.1) is 12.7 Å². The average molecular weight is 349 g/mol. The fraction of sp³-hybridized carbons (Fsp3) is 0.143. The van der Waals surface area contributed by atoms with E-state index in [1.165, 1.54) is 17.7 Å². The molecule has 0 aliphatic heterocycles. The molecule has 3 rings (SSSR count). The van der Waals surface area contributed by atoms with Crippen molar-refractivity contribution in [3.05, 3.63) is 89.4 Å². The largest absolute Gasteiger partial charge is 0.485 e. The Kier molecular flexibility index (Phi) is 5.59. The van der Waals surface area contributed by atoms with E-state index in [-0.39, 0.29) is 5.82 Å². The third-order valence-corrected chi connectivity index (χ3v) is 3.94. The highest BCUT2D eigenvalue weighted by atomic mass is 19.1. The molecule has 1 heterocycles. The zero-order valence-electron chi connectivity index (χ0n) is 14.5. The molecule has 0 fully saturated rings. The summed E-state index contributed by atoms with van der Waals surface area (Å²) < 4.78 is 18.8. The van der Waals surface area contributed by atoms with Crippen LogP contribution in [0.25, 0.3) is 0 Å². The third kappa shape index (κ3) is 4.66. The van der Waals surface area contributed by atoms with Gasteiger partial charge in [-0.1, -0.05) is 36.4 Å². The maximum absolute atomic E-state index is 13.0. The summed E-state index contributed by atoms with van der Waals surface area (Å²) >= 11 is 0. The van der Waals surface area contributed by atoms with Crippen LogP contribution in [0.3, 0.4) is 0 Å². The molecule has 2 aromatic carbocycles. The van der Waals surface area contributed by atoms with Gasteiger partial charge in [-0.15, -0.1) is 0 Å². The number of nitrogens with zero attached hydrogens (tertiary/aromatic N) is 2. The number of aryl methyl sites for hydroxylation is 1. The van der Waals surface area contributed by atoms with Gasteiger partial charge in [0.2, 0.25) is 0 Å². The molecule has 26 heavy (non-hydrogen) atoms. The number of rotatable bonds is 6. The van der Waals surface area contributed by atoms with Crippen LogP contribution in [-0.2, 0) is 13.0 Å². The van der Waals surface area contributed by atoms with E-state index in [9.17, 15) is 4.39 Å². The molecule has 4 nitrogen and oxygen atoms in total. The van der Waals surface area contributed by atoms with Gasteiger partial charge in [0.1, 0.15) is 18.3 Å². The van der Waals surface area contributed by atoms with E-state index in [2.05, 4.69) is 9.98 Å². The average Bonchev–Trinajstić information content (AvgIpc) is 2.64. The van der Waals surface area contributed by atoms with Crippen LogP contribution in [-0.4, -0.2) is 10.8 Å². The van der Waals surface area contributed by atoms with Gasteiger partial charge in [-0.25, -0.2) is 14.4 Å². The first-order valence-corrected chi connectivity index (χ1v) is 8.31. The zero-order chi connectivity index (χ0) is 18.4. The molecule has 0 atom stereocenters. The van der Waals surface area contributed by atoms with Gasteiger partial charge in [0.25, 0.3) is 0 Å². The summed E-state index contributed by atoms with van der Waals surface area (Å²) in [4.78, 5) is 8.68. The molecule has 0 bridgehead atoms. The number of amidine groups is 1. The van der Waals surface area contributed by atoms with E-state index in [0.717, 1.165) is 11.1 Å². The van der Waals surface area contributed by atoms with Gasteiger partial charge < -0.3 is 10.5 Å². The minimum absolute atomic E-state index is 0.274. The van der Waals surface area contributed by atoms with E-state index >= 15 is 0 Å². The van der Waals surface area contributed by atoms with Crippen LogP contribution in [0.4, 0.5) is 10.2 Å². The first kappa shape index (κ1) is 17.6. The Labute approximate surface area is 152 Å². The zero-order valence-corrected chi connectivity index (χ0v) is 14.5. The molecule has 0 unspecified atom stereocenters. The van der Waals surface area contributed by atoms with Crippen LogP contribution < -0.4 is 10.5 Å². The van der Waals surface area contributed by atoms with Gasteiger partial charge in [0, 0.05) is 12.6 Å². The molecule has 3 aromatic rings. The molecule has 0 radical (unpaired) electrons. The number of halogens is 1. The van der Waals surface area contributed by atoms with Crippen molar-refractivity contribution in [3.8, 4) is 5.75 Å².